The highest BCUT2D eigenvalue weighted by molar-refractivity contribution is 5.94. The monoisotopic (exact) mass is 404 g/mol. The molecule has 4 atom stereocenters. The molecule has 0 aromatic heterocycles. The first-order chi connectivity index (χ1) is 13.6. The molecule has 0 fully saturated rings. The van der Waals surface area contributed by atoms with Crippen LogP contribution in [0.5, 0.6) is 0 Å². The third kappa shape index (κ3) is 6.56. The molecule has 1 aliphatic heterocycles. The van der Waals surface area contributed by atoms with E-state index in [9.17, 15) is 9.59 Å². The van der Waals surface area contributed by atoms with Crippen molar-refractivity contribution in [1.82, 2.24) is 5.32 Å². The van der Waals surface area contributed by atoms with E-state index in [1.54, 1.807) is 0 Å². The van der Waals surface area contributed by atoms with Crippen molar-refractivity contribution in [2.45, 2.75) is 77.9 Å². The van der Waals surface area contributed by atoms with Crippen molar-refractivity contribution in [2.75, 3.05) is 0 Å². The van der Waals surface area contributed by atoms with E-state index in [0.29, 0.717) is 18.5 Å². The Bertz CT molecular complexity index is 712. The molecule has 0 saturated carbocycles. The largest absolute Gasteiger partial charge is 0.457 e. The van der Waals surface area contributed by atoms with Gasteiger partial charge in [-0.2, -0.15) is 0 Å². The highest BCUT2D eigenvalue weighted by atomic mass is 16.7. The van der Waals surface area contributed by atoms with E-state index in [1.807, 2.05) is 71.9 Å². The van der Waals surface area contributed by atoms with E-state index in [0.717, 1.165) is 5.56 Å². The van der Waals surface area contributed by atoms with Crippen LogP contribution < -0.4 is 5.32 Å². The predicted octanol–water partition coefficient (Wildman–Crippen LogP) is 3.39. The Kier molecular flexibility index (Phi) is 7.79. The number of amides is 1. The van der Waals surface area contributed by atoms with Crippen molar-refractivity contribution in [3.8, 4) is 0 Å². The average Bonchev–Trinajstić information content (AvgIpc) is 3.11. The van der Waals surface area contributed by atoms with Crippen molar-refractivity contribution in [1.29, 1.82) is 0 Å². The van der Waals surface area contributed by atoms with Crippen LogP contribution in [0.1, 0.15) is 59.6 Å². The summed E-state index contributed by atoms with van der Waals surface area (Å²) in [7, 11) is 0. The molecule has 7 nitrogen and oxygen atoms in total. The molecule has 0 aliphatic carbocycles. The third-order valence-corrected chi connectivity index (χ3v) is 4.50. The van der Waals surface area contributed by atoms with Crippen molar-refractivity contribution in [3.63, 3.8) is 0 Å². The Hall–Kier alpha value is -2.41. The second-order valence-electron chi connectivity index (χ2n) is 8.62. The maximum Gasteiger partial charge on any atom is 0.351 e. The fourth-order valence-electron chi connectivity index (χ4n) is 3.16. The zero-order valence-corrected chi connectivity index (χ0v) is 18.0. The van der Waals surface area contributed by atoms with Gasteiger partial charge >= 0.3 is 5.97 Å². The van der Waals surface area contributed by atoms with E-state index in [2.05, 4.69) is 10.5 Å². The molecular formula is C22H32N2O5. The lowest BCUT2D eigenvalue weighted by atomic mass is 9.96. The number of benzene rings is 1. The Labute approximate surface area is 172 Å². The van der Waals surface area contributed by atoms with Crippen LogP contribution in [0.4, 0.5) is 0 Å². The van der Waals surface area contributed by atoms with E-state index >= 15 is 0 Å². The summed E-state index contributed by atoms with van der Waals surface area (Å²) < 4.78 is 11.8. The molecule has 0 radical (unpaired) electrons. The van der Waals surface area contributed by atoms with Crippen molar-refractivity contribution < 1.29 is 23.9 Å². The number of nitrogens with zero attached hydrogens (tertiary/aromatic N) is 1. The SMILES string of the molecule is CC(C)[C@@H](O[C@H](c1ccccc1)[C@H](C)NC=O)C1=NO[C@@H](C(=O)OC(C)(C)C)C1. The molecule has 29 heavy (non-hydrogen) atoms. The minimum atomic E-state index is -0.769. The zero-order chi connectivity index (χ0) is 21.6. The maximum atomic E-state index is 12.3. The molecule has 160 valence electrons. The molecule has 7 heteroatoms. The standard InChI is InChI=1S/C22H32N2O5/c1-14(2)19(17-12-18(29-24-17)21(26)28-22(4,5)6)27-20(15(3)23-13-25)16-10-8-7-9-11-16/h7-11,13-15,18-20H,12H2,1-6H3,(H,23,25)/t15-,18+,19+,20-/m0/s1. The van der Waals surface area contributed by atoms with Gasteiger partial charge in [-0.05, 0) is 39.2 Å². The van der Waals surface area contributed by atoms with Gasteiger partial charge in [-0.25, -0.2) is 4.79 Å². The van der Waals surface area contributed by atoms with Crippen LogP contribution in [0, 0.1) is 5.92 Å². The zero-order valence-electron chi connectivity index (χ0n) is 18.0. The Balaban J connectivity index is 2.16. The van der Waals surface area contributed by atoms with Gasteiger partial charge in [-0.3, -0.25) is 4.79 Å². The molecular weight excluding hydrogens is 372 g/mol. The quantitative estimate of drug-likeness (QED) is 0.504. The number of hydrogen-bond donors (Lipinski definition) is 1. The van der Waals surface area contributed by atoms with Gasteiger partial charge in [0.05, 0.1) is 11.8 Å². The lowest BCUT2D eigenvalue weighted by Crippen LogP contribution is -2.39. The van der Waals surface area contributed by atoms with Crippen molar-refractivity contribution in [3.05, 3.63) is 35.9 Å². The lowest BCUT2D eigenvalue weighted by Gasteiger charge is -2.31. The van der Waals surface area contributed by atoms with Gasteiger partial charge in [-0.1, -0.05) is 49.3 Å². The lowest BCUT2D eigenvalue weighted by molar-refractivity contribution is -0.166. The van der Waals surface area contributed by atoms with Crippen molar-refractivity contribution in [2.24, 2.45) is 11.1 Å². The summed E-state index contributed by atoms with van der Waals surface area (Å²) in [5.74, 6) is -0.348. The first-order valence-electron chi connectivity index (χ1n) is 9.98. The molecule has 0 bridgehead atoms. The topological polar surface area (TPSA) is 86.2 Å². The Morgan fingerprint density at radius 3 is 2.41 bits per heavy atom. The van der Waals surface area contributed by atoms with E-state index < -0.39 is 17.7 Å². The van der Waals surface area contributed by atoms with Crippen molar-refractivity contribution >= 4 is 18.1 Å². The fraction of sp³-hybridized carbons (Fsp3) is 0.591. The van der Waals surface area contributed by atoms with Crippen LogP contribution in [0.2, 0.25) is 0 Å². The van der Waals surface area contributed by atoms with Crippen LogP contribution in [0.3, 0.4) is 0 Å². The Morgan fingerprint density at radius 1 is 1.21 bits per heavy atom. The molecule has 1 amide bonds. The summed E-state index contributed by atoms with van der Waals surface area (Å²) in [5, 5.41) is 6.92. The van der Waals surface area contributed by atoms with Crippen LogP contribution in [0.15, 0.2) is 35.5 Å². The molecule has 1 aliphatic rings. The van der Waals surface area contributed by atoms with Gasteiger partial charge in [0.2, 0.25) is 12.5 Å². The second kappa shape index (κ2) is 9.87. The first-order valence-corrected chi connectivity index (χ1v) is 9.98. The molecule has 1 aromatic rings. The highest BCUT2D eigenvalue weighted by Gasteiger charge is 2.38. The summed E-state index contributed by atoms with van der Waals surface area (Å²) in [6.45, 7) is 11.4. The van der Waals surface area contributed by atoms with E-state index in [4.69, 9.17) is 14.3 Å². The third-order valence-electron chi connectivity index (χ3n) is 4.50. The minimum absolute atomic E-state index is 0.0874. The number of rotatable bonds is 9. The van der Waals surface area contributed by atoms with Gasteiger partial charge in [0, 0.05) is 6.42 Å². The number of oxime groups is 1. The summed E-state index contributed by atoms with van der Waals surface area (Å²) in [6.07, 6.45) is -0.534. The highest BCUT2D eigenvalue weighted by Crippen LogP contribution is 2.29. The fourth-order valence-corrected chi connectivity index (χ4v) is 3.16. The van der Waals surface area contributed by atoms with E-state index in [-0.39, 0.29) is 24.2 Å². The summed E-state index contributed by atoms with van der Waals surface area (Å²) >= 11 is 0. The molecule has 1 N–H and O–H groups in total. The normalized spacial score (nSPS) is 19.7. The number of esters is 1. The first kappa shape index (κ1) is 22.9. The number of nitrogens with one attached hydrogen (secondary N) is 1. The van der Waals surface area contributed by atoms with E-state index in [1.165, 1.54) is 0 Å². The minimum Gasteiger partial charge on any atom is -0.457 e. The van der Waals surface area contributed by atoms with Gasteiger partial charge < -0.3 is 19.6 Å². The summed E-state index contributed by atoms with van der Waals surface area (Å²) in [5.41, 5.74) is 1.02. The van der Waals surface area contributed by atoms with Gasteiger partial charge in [0.15, 0.2) is 0 Å². The average molecular weight is 405 g/mol. The maximum absolute atomic E-state index is 12.3. The molecule has 0 spiro atoms. The smallest absolute Gasteiger partial charge is 0.351 e. The second-order valence-corrected chi connectivity index (χ2v) is 8.62. The Morgan fingerprint density at radius 2 is 1.86 bits per heavy atom. The molecule has 1 heterocycles. The molecule has 1 aromatic carbocycles. The van der Waals surface area contributed by atoms with Gasteiger partial charge in [-0.15, -0.1) is 0 Å². The number of ether oxygens (including phenoxy) is 2. The predicted molar refractivity (Wildman–Crippen MR) is 110 cm³/mol. The van der Waals surface area contributed by atoms with Crippen LogP contribution in [-0.2, 0) is 23.9 Å². The summed E-state index contributed by atoms with van der Waals surface area (Å²) in [6, 6.07) is 9.46. The van der Waals surface area contributed by atoms with Gasteiger partial charge in [0.25, 0.3) is 0 Å². The molecule has 0 saturated heterocycles. The number of carbonyl (C=O) groups is 2. The van der Waals surface area contributed by atoms with Crippen LogP contribution >= 0.6 is 0 Å². The van der Waals surface area contributed by atoms with Gasteiger partial charge in [0.1, 0.15) is 17.8 Å². The number of carbonyl (C=O) groups excluding carboxylic acids is 2. The van der Waals surface area contributed by atoms with Crippen LogP contribution in [0.25, 0.3) is 0 Å². The van der Waals surface area contributed by atoms with Crippen LogP contribution in [-0.4, -0.2) is 41.9 Å². The number of hydrogen-bond acceptors (Lipinski definition) is 6. The summed E-state index contributed by atoms with van der Waals surface area (Å²) in [4.78, 5) is 28.7. The molecule has 0 unspecified atom stereocenters. The molecule has 2 rings (SSSR count).